The summed E-state index contributed by atoms with van der Waals surface area (Å²) in [6.45, 7) is 2.32. The number of hydrogen-bond acceptors (Lipinski definition) is 4. The van der Waals surface area contributed by atoms with Crippen LogP contribution in [-0.4, -0.2) is 29.9 Å². The molecular weight excluding hydrogens is 182 g/mol. The Labute approximate surface area is 83.5 Å². The van der Waals surface area contributed by atoms with Gasteiger partial charge in [0.1, 0.15) is 6.10 Å². The molecule has 1 rings (SSSR count). The first-order chi connectivity index (χ1) is 6.77. The lowest BCUT2D eigenvalue weighted by Gasteiger charge is -2.14. The second-order valence-electron chi connectivity index (χ2n) is 3.01. The molecule has 0 radical (unpaired) electrons. The second-order valence-corrected chi connectivity index (χ2v) is 3.01. The van der Waals surface area contributed by atoms with Crippen molar-refractivity contribution in [2.75, 3.05) is 13.7 Å². The molecule has 0 aliphatic carbocycles. The van der Waals surface area contributed by atoms with Crippen LogP contribution in [0.5, 0.6) is 5.88 Å². The van der Waals surface area contributed by atoms with Crippen molar-refractivity contribution in [3.8, 4) is 5.88 Å². The van der Waals surface area contributed by atoms with Crippen LogP contribution < -0.4 is 4.74 Å². The number of aromatic nitrogens is 1. The highest BCUT2D eigenvalue weighted by Gasteiger charge is 2.07. The predicted octanol–water partition coefficient (Wildman–Crippen LogP) is 0.988. The summed E-state index contributed by atoms with van der Waals surface area (Å²) in [6, 6.07) is 3.54. The van der Waals surface area contributed by atoms with Gasteiger partial charge in [-0.1, -0.05) is 0 Å². The third-order valence-corrected chi connectivity index (χ3v) is 1.73. The Morgan fingerprint density at radius 2 is 2.36 bits per heavy atom. The first-order valence-corrected chi connectivity index (χ1v) is 4.48. The zero-order chi connectivity index (χ0) is 10.4. The zero-order valence-electron chi connectivity index (χ0n) is 8.43. The maximum absolute atomic E-state index is 9.01. The summed E-state index contributed by atoms with van der Waals surface area (Å²) >= 11 is 0. The third-order valence-electron chi connectivity index (χ3n) is 1.73. The zero-order valence-corrected chi connectivity index (χ0v) is 8.43. The topological polar surface area (TPSA) is 51.6 Å². The van der Waals surface area contributed by atoms with Gasteiger partial charge in [0, 0.05) is 18.9 Å². The van der Waals surface area contributed by atoms with E-state index in [1.54, 1.807) is 25.4 Å². The Balaban J connectivity index is 2.65. The van der Waals surface area contributed by atoms with E-state index in [-0.39, 0.29) is 12.7 Å². The van der Waals surface area contributed by atoms with Gasteiger partial charge in [0.2, 0.25) is 5.88 Å². The molecule has 0 saturated heterocycles. The standard InChI is InChI=1S/C10H15NO3/c1-8(7-13-2)14-10-9(6-12)4-3-5-11-10/h3-5,8,12H,6-7H2,1-2H3. The van der Waals surface area contributed by atoms with Crippen LogP contribution in [0.3, 0.4) is 0 Å². The molecule has 1 heterocycles. The highest BCUT2D eigenvalue weighted by molar-refractivity contribution is 5.24. The molecule has 4 nitrogen and oxygen atoms in total. The first-order valence-electron chi connectivity index (χ1n) is 4.48. The minimum Gasteiger partial charge on any atom is -0.472 e. The molecular formula is C10H15NO3. The lowest BCUT2D eigenvalue weighted by atomic mass is 10.3. The van der Waals surface area contributed by atoms with Crippen LogP contribution in [0.4, 0.5) is 0 Å². The molecule has 0 aliphatic rings. The Bertz CT molecular complexity index is 278. The quantitative estimate of drug-likeness (QED) is 0.764. The predicted molar refractivity (Wildman–Crippen MR) is 52.1 cm³/mol. The Morgan fingerprint density at radius 3 is 3.00 bits per heavy atom. The maximum atomic E-state index is 9.01. The molecule has 0 aliphatic heterocycles. The number of pyridine rings is 1. The molecule has 0 fully saturated rings. The van der Waals surface area contributed by atoms with Gasteiger partial charge in [-0.25, -0.2) is 4.98 Å². The molecule has 1 N–H and O–H groups in total. The smallest absolute Gasteiger partial charge is 0.219 e. The molecule has 1 unspecified atom stereocenters. The van der Waals surface area contributed by atoms with Gasteiger partial charge >= 0.3 is 0 Å². The Hall–Kier alpha value is -1.13. The Kier molecular flexibility index (Phi) is 4.35. The molecule has 78 valence electrons. The molecule has 0 bridgehead atoms. The largest absolute Gasteiger partial charge is 0.472 e. The van der Waals surface area contributed by atoms with E-state index in [0.717, 1.165) is 0 Å². The molecule has 14 heavy (non-hydrogen) atoms. The molecule has 1 aromatic rings. The van der Waals surface area contributed by atoms with Gasteiger partial charge in [-0.15, -0.1) is 0 Å². The van der Waals surface area contributed by atoms with Crippen molar-refractivity contribution in [3.63, 3.8) is 0 Å². The normalized spacial score (nSPS) is 12.5. The lowest BCUT2D eigenvalue weighted by Crippen LogP contribution is -2.19. The van der Waals surface area contributed by atoms with Gasteiger partial charge in [-0.2, -0.15) is 0 Å². The third kappa shape index (κ3) is 2.97. The molecule has 1 atom stereocenters. The average Bonchev–Trinajstić information content (AvgIpc) is 2.19. The molecule has 0 saturated carbocycles. The van der Waals surface area contributed by atoms with E-state index in [2.05, 4.69) is 4.98 Å². The van der Waals surface area contributed by atoms with E-state index in [1.165, 1.54) is 0 Å². The van der Waals surface area contributed by atoms with Crippen LogP contribution in [0.2, 0.25) is 0 Å². The number of aliphatic hydroxyl groups is 1. The van der Waals surface area contributed by atoms with Crippen molar-refractivity contribution in [1.82, 2.24) is 4.98 Å². The molecule has 1 aromatic heterocycles. The fraction of sp³-hybridized carbons (Fsp3) is 0.500. The highest BCUT2D eigenvalue weighted by Crippen LogP contribution is 2.15. The number of nitrogens with zero attached hydrogens (tertiary/aromatic N) is 1. The SMILES string of the molecule is COCC(C)Oc1ncccc1CO. The van der Waals surface area contributed by atoms with Gasteiger partial charge in [0.15, 0.2) is 0 Å². The number of hydrogen-bond donors (Lipinski definition) is 1. The fourth-order valence-electron chi connectivity index (χ4n) is 1.11. The van der Waals surface area contributed by atoms with Crippen molar-refractivity contribution < 1.29 is 14.6 Å². The van der Waals surface area contributed by atoms with Gasteiger partial charge in [0.05, 0.1) is 13.2 Å². The van der Waals surface area contributed by atoms with Crippen molar-refractivity contribution in [1.29, 1.82) is 0 Å². The lowest BCUT2D eigenvalue weighted by molar-refractivity contribution is 0.0870. The van der Waals surface area contributed by atoms with E-state index in [4.69, 9.17) is 14.6 Å². The maximum Gasteiger partial charge on any atom is 0.219 e. The van der Waals surface area contributed by atoms with E-state index < -0.39 is 0 Å². The molecule has 0 spiro atoms. The van der Waals surface area contributed by atoms with Crippen LogP contribution in [0.25, 0.3) is 0 Å². The summed E-state index contributed by atoms with van der Waals surface area (Å²) in [5.41, 5.74) is 0.690. The van der Waals surface area contributed by atoms with Crippen molar-refractivity contribution in [3.05, 3.63) is 23.9 Å². The average molecular weight is 197 g/mol. The van der Waals surface area contributed by atoms with Crippen molar-refractivity contribution in [2.45, 2.75) is 19.6 Å². The molecule has 0 aromatic carbocycles. The van der Waals surface area contributed by atoms with Crippen LogP contribution in [-0.2, 0) is 11.3 Å². The van der Waals surface area contributed by atoms with Crippen LogP contribution in [0, 0.1) is 0 Å². The summed E-state index contributed by atoms with van der Waals surface area (Å²) in [6.07, 6.45) is 1.56. The van der Waals surface area contributed by atoms with E-state index in [1.807, 2.05) is 6.92 Å². The number of methoxy groups -OCH3 is 1. The van der Waals surface area contributed by atoms with Crippen molar-refractivity contribution in [2.24, 2.45) is 0 Å². The first kappa shape index (κ1) is 10.9. The fourth-order valence-corrected chi connectivity index (χ4v) is 1.11. The van der Waals surface area contributed by atoms with E-state index in [9.17, 15) is 0 Å². The Morgan fingerprint density at radius 1 is 1.57 bits per heavy atom. The minimum absolute atomic E-state index is 0.0666. The van der Waals surface area contributed by atoms with E-state index >= 15 is 0 Å². The summed E-state index contributed by atoms with van der Waals surface area (Å²) < 4.78 is 10.4. The van der Waals surface area contributed by atoms with Gasteiger partial charge in [-0.05, 0) is 19.1 Å². The summed E-state index contributed by atoms with van der Waals surface area (Å²) in [5.74, 6) is 0.472. The van der Waals surface area contributed by atoms with Crippen LogP contribution in [0.1, 0.15) is 12.5 Å². The van der Waals surface area contributed by atoms with Crippen LogP contribution >= 0.6 is 0 Å². The van der Waals surface area contributed by atoms with Gasteiger partial charge in [0.25, 0.3) is 0 Å². The van der Waals surface area contributed by atoms with Crippen molar-refractivity contribution >= 4 is 0 Å². The van der Waals surface area contributed by atoms with E-state index in [0.29, 0.717) is 18.1 Å². The van der Waals surface area contributed by atoms with Gasteiger partial charge < -0.3 is 14.6 Å². The monoisotopic (exact) mass is 197 g/mol. The second kappa shape index (κ2) is 5.57. The summed E-state index contributed by atoms with van der Waals surface area (Å²) in [5, 5.41) is 9.01. The summed E-state index contributed by atoms with van der Waals surface area (Å²) in [7, 11) is 1.62. The number of ether oxygens (including phenoxy) is 2. The summed E-state index contributed by atoms with van der Waals surface area (Å²) in [4.78, 5) is 4.03. The molecule has 4 heteroatoms. The molecule has 0 amide bonds. The minimum atomic E-state index is -0.0693. The highest BCUT2D eigenvalue weighted by atomic mass is 16.5. The number of rotatable bonds is 5. The van der Waals surface area contributed by atoms with Crippen LogP contribution in [0.15, 0.2) is 18.3 Å². The number of aliphatic hydroxyl groups excluding tert-OH is 1. The van der Waals surface area contributed by atoms with Gasteiger partial charge in [-0.3, -0.25) is 0 Å².